The van der Waals surface area contributed by atoms with Crippen molar-refractivity contribution in [3.05, 3.63) is 0 Å². The van der Waals surface area contributed by atoms with Crippen LogP contribution in [0.25, 0.3) is 0 Å². The summed E-state index contributed by atoms with van der Waals surface area (Å²) < 4.78 is 25.5. The van der Waals surface area contributed by atoms with E-state index in [4.69, 9.17) is 0 Å². The largest absolute Gasteiger partial charge is 0.306 e. The predicted octanol–water partition coefficient (Wildman–Crippen LogP) is -0.0171. The average molecular weight is 246 g/mol. The second-order valence-electron chi connectivity index (χ2n) is 4.71. The fourth-order valence-corrected chi connectivity index (χ4v) is 3.57. The summed E-state index contributed by atoms with van der Waals surface area (Å²) in [5, 5.41) is 2.62. The van der Waals surface area contributed by atoms with Gasteiger partial charge in [-0.3, -0.25) is 9.52 Å². The van der Waals surface area contributed by atoms with Crippen molar-refractivity contribution >= 4 is 15.9 Å². The molecule has 0 aromatic heterocycles. The number of carbonyl (C=O) groups excluding carboxylic acids is 1. The standard InChI is InChI=1S/C10H18N2O3S/c1-3-7-6-10(7,11-2)9(13)12-16(14,15)8-4-5-8/h7-8,11H,3-6H2,1-2H3,(H,12,13). The molecule has 2 fully saturated rings. The average Bonchev–Trinajstić information content (AvgIpc) is 3.10. The highest BCUT2D eigenvalue weighted by Gasteiger charge is 2.59. The van der Waals surface area contributed by atoms with E-state index in [1.807, 2.05) is 6.92 Å². The van der Waals surface area contributed by atoms with Gasteiger partial charge in [-0.25, -0.2) is 8.42 Å². The lowest BCUT2D eigenvalue weighted by atomic mass is 10.1. The normalized spacial score (nSPS) is 33.5. The summed E-state index contributed by atoms with van der Waals surface area (Å²) in [5.41, 5.74) is -0.642. The zero-order chi connectivity index (χ0) is 12.0. The summed E-state index contributed by atoms with van der Waals surface area (Å²) in [7, 11) is -1.70. The van der Waals surface area contributed by atoms with Crippen molar-refractivity contribution in [1.82, 2.24) is 10.0 Å². The Morgan fingerprint density at radius 3 is 2.44 bits per heavy atom. The zero-order valence-corrected chi connectivity index (χ0v) is 10.4. The van der Waals surface area contributed by atoms with E-state index in [1.54, 1.807) is 7.05 Å². The number of hydrogen-bond donors (Lipinski definition) is 2. The SMILES string of the molecule is CCC1CC1(NC)C(=O)NS(=O)(=O)C1CC1. The van der Waals surface area contributed by atoms with Crippen LogP contribution in [-0.2, 0) is 14.8 Å². The highest BCUT2D eigenvalue weighted by molar-refractivity contribution is 7.90. The molecule has 2 unspecified atom stereocenters. The third-order valence-corrected chi connectivity index (χ3v) is 5.47. The molecule has 0 saturated heterocycles. The first-order chi connectivity index (χ1) is 7.46. The Labute approximate surface area is 96.0 Å². The van der Waals surface area contributed by atoms with Crippen molar-refractivity contribution in [1.29, 1.82) is 0 Å². The van der Waals surface area contributed by atoms with E-state index in [0.29, 0.717) is 12.8 Å². The van der Waals surface area contributed by atoms with Crippen LogP contribution in [0.3, 0.4) is 0 Å². The molecule has 2 rings (SSSR count). The second-order valence-corrected chi connectivity index (χ2v) is 6.67. The molecule has 92 valence electrons. The molecule has 2 atom stereocenters. The van der Waals surface area contributed by atoms with Gasteiger partial charge in [-0.05, 0) is 32.2 Å². The van der Waals surface area contributed by atoms with Crippen molar-refractivity contribution in [2.24, 2.45) is 5.92 Å². The van der Waals surface area contributed by atoms with E-state index in [-0.39, 0.29) is 17.1 Å². The number of amides is 1. The number of nitrogens with one attached hydrogen (secondary N) is 2. The van der Waals surface area contributed by atoms with Gasteiger partial charge >= 0.3 is 0 Å². The van der Waals surface area contributed by atoms with E-state index >= 15 is 0 Å². The van der Waals surface area contributed by atoms with Crippen LogP contribution in [0.1, 0.15) is 32.6 Å². The minimum Gasteiger partial charge on any atom is -0.306 e. The van der Waals surface area contributed by atoms with Gasteiger partial charge in [0.25, 0.3) is 5.91 Å². The number of likely N-dealkylation sites (N-methyl/N-ethyl adjacent to an activating group) is 1. The maximum atomic E-state index is 11.9. The number of sulfonamides is 1. The summed E-state index contributed by atoms with van der Waals surface area (Å²) >= 11 is 0. The van der Waals surface area contributed by atoms with Gasteiger partial charge in [0.2, 0.25) is 10.0 Å². The highest BCUT2D eigenvalue weighted by atomic mass is 32.2. The number of carbonyl (C=O) groups is 1. The van der Waals surface area contributed by atoms with Crippen LogP contribution >= 0.6 is 0 Å². The molecular weight excluding hydrogens is 228 g/mol. The Morgan fingerprint density at radius 2 is 2.06 bits per heavy atom. The smallest absolute Gasteiger partial charge is 0.254 e. The lowest BCUT2D eigenvalue weighted by Gasteiger charge is -2.16. The molecule has 16 heavy (non-hydrogen) atoms. The van der Waals surface area contributed by atoms with Crippen LogP contribution in [0, 0.1) is 5.92 Å². The molecule has 0 aromatic rings. The molecule has 0 bridgehead atoms. The zero-order valence-electron chi connectivity index (χ0n) is 9.62. The Hall–Kier alpha value is -0.620. The van der Waals surface area contributed by atoms with Crippen LogP contribution < -0.4 is 10.0 Å². The second kappa shape index (κ2) is 3.70. The third kappa shape index (κ3) is 1.84. The van der Waals surface area contributed by atoms with Gasteiger partial charge in [0.1, 0.15) is 5.54 Å². The minimum atomic E-state index is -3.41. The molecule has 0 spiro atoms. The van der Waals surface area contributed by atoms with E-state index in [0.717, 1.165) is 12.8 Å². The van der Waals surface area contributed by atoms with Gasteiger partial charge in [-0.15, -0.1) is 0 Å². The summed E-state index contributed by atoms with van der Waals surface area (Å²) in [6, 6.07) is 0. The maximum Gasteiger partial charge on any atom is 0.254 e. The molecule has 0 aromatic carbocycles. The van der Waals surface area contributed by atoms with Gasteiger partial charge in [0.05, 0.1) is 5.25 Å². The van der Waals surface area contributed by atoms with Crippen LogP contribution in [-0.4, -0.2) is 32.2 Å². The van der Waals surface area contributed by atoms with Crippen LogP contribution in [0.15, 0.2) is 0 Å². The first-order valence-corrected chi connectivity index (χ1v) is 7.26. The van der Waals surface area contributed by atoms with E-state index in [1.165, 1.54) is 0 Å². The Kier molecular flexibility index (Phi) is 2.74. The fourth-order valence-electron chi connectivity index (χ4n) is 2.20. The van der Waals surface area contributed by atoms with Crippen molar-refractivity contribution < 1.29 is 13.2 Å². The molecule has 0 radical (unpaired) electrons. The minimum absolute atomic E-state index is 0.256. The molecule has 6 heteroatoms. The van der Waals surface area contributed by atoms with Gasteiger partial charge < -0.3 is 5.32 Å². The van der Waals surface area contributed by atoms with E-state index in [2.05, 4.69) is 10.0 Å². The molecule has 2 aliphatic carbocycles. The van der Waals surface area contributed by atoms with Crippen LogP contribution in [0.5, 0.6) is 0 Å². The number of hydrogen-bond acceptors (Lipinski definition) is 4. The summed E-state index contributed by atoms with van der Waals surface area (Å²) in [6.45, 7) is 2.01. The molecule has 2 saturated carbocycles. The summed E-state index contributed by atoms with van der Waals surface area (Å²) in [4.78, 5) is 11.9. The molecule has 2 aliphatic rings. The first kappa shape index (κ1) is 11.9. The van der Waals surface area contributed by atoms with Crippen molar-refractivity contribution in [3.63, 3.8) is 0 Å². The monoisotopic (exact) mass is 246 g/mol. The predicted molar refractivity (Wildman–Crippen MR) is 60.3 cm³/mol. The lowest BCUT2D eigenvalue weighted by molar-refractivity contribution is -0.122. The van der Waals surface area contributed by atoms with Crippen molar-refractivity contribution in [3.8, 4) is 0 Å². The van der Waals surface area contributed by atoms with E-state index < -0.39 is 15.6 Å². The third-order valence-electron chi connectivity index (χ3n) is 3.65. The topological polar surface area (TPSA) is 75.3 Å². The first-order valence-electron chi connectivity index (χ1n) is 5.71. The molecule has 0 aliphatic heterocycles. The van der Waals surface area contributed by atoms with Crippen molar-refractivity contribution in [2.45, 2.75) is 43.4 Å². The van der Waals surface area contributed by atoms with Gasteiger partial charge in [-0.1, -0.05) is 13.3 Å². The van der Waals surface area contributed by atoms with Gasteiger partial charge in [-0.2, -0.15) is 0 Å². The van der Waals surface area contributed by atoms with E-state index in [9.17, 15) is 13.2 Å². The van der Waals surface area contributed by atoms with Crippen LogP contribution in [0.2, 0.25) is 0 Å². The van der Waals surface area contributed by atoms with Gasteiger partial charge in [0.15, 0.2) is 0 Å². The quantitative estimate of drug-likeness (QED) is 0.715. The summed E-state index contributed by atoms with van der Waals surface area (Å²) in [6.07, 6.45) is 2.96. The Balaban J connectivity index is 2.03. The lowest BCUT2D eigenvalue weighted by Crippen LogP contribution is -2.49. The summed E-state index contributed by atoms with van der Waals surface area (Å²) in [5.74, 6) is -0.124. The fraction of sp³-hybridized carbons (Fsp3) is 0.900. The van der Waals surface area contributed by atoms with Crippen molar-refractivity contribution in [2.75, 3.05) is 7.05 Å². The molecule has 2 N–H and O–H groups in total. The molecule has 0 heterocycles. The Bertz CT molecular complexity index is 402. The van der Waals surface area contributed by atoms with Crippen LogP contribution in [0.4, 0.5) is 0 Å². The highest BCUT2D eigenvalue weighted by Crippen LogP contribution is 2.46. The maximum absolute atomic E-state index is 11.9. The molecule has 1 amide bonds. The Morgan fingerprint density at radius 1 is 1.44 bits per heavy atom. The van der Waals surface area contributed by atoms with Gasteiger partial charge in [0, 0.05) is 0 Å². The molecule has 5 nitrogen and oxygen atoms in total. The number of rotatable bonds is 5. The molecular formula is C10H18N2O3S.